The monoisotopic (exact) mass is 242 g/mol. The number of hydrogen-bond acceptors (Lipinski definition) is 3. The molecule has 0 saturated heterocycles. The summed E-state index contributed by atoms with van der Waals surface area (Å²) in [6.45, 7) is 1.51. The summed E-state index contributed by atoms with van der Waals surface area (Å²) >= 11 is 0. The standard InChI is InChI=1S/C10H11FN2O2S/c1-3-7(2)13-16(14,15)8-4-5-10(12)9(11)6-8/h1,4-7,13H,12H2,2H3. The lowest BCUT2D eigenvalue weighted by Gasteiger charge is -2.09. The van der Waals surface area contributed by atoms with Gasteiger partial charge in [0, 0.05) is 0 Å². The Labute approximate surface area is 93.7 Å². The molecule has 0 radical (unpaired) electrons. The normalized spacial score (nSPS) is 13.1. The number of nitrogen functional groups attached to an aromatic ring is 1. The molecule has 1 aromatic rings. The smallest absolute Gasteiger partial charge is 0.241 e. The van der Waals surface area contributed by atoms with E-state index in [0.717, 1.165) is 6.07 Å². The SMILES string of the molecule is C#CC(C)NS(=O)(=O)c1ccc(N)c(F)c1. The van der Waals surface area contributed by atoms with Crippen LogP contribution in [-0.2, 0) is 10.0 Å². The molecule has 0 fully saturated rings. The van der Waals surface area contributed by atoms with E-state index >= 15 is 0 Å². The van der Waals surface area contributed by atoms with Crippen molar-refractivity contribution in [3.8, 4) is 12.3 Å². The number of sulfonamides is 1. The molecule has 0 aromatic heterocycles. The van der Waals surface area contributed by atoms with Crippen molar-refractivity contribution in [1.82, 2.24) is 4.72 Å². The fraction of sp³-hybridized carbons (Fsp3) is 0.200. The third-order valence-corrected chi connectivity index (χ3v) is 3.40. The van der Waals surface area contributed by atoms with Gasteiger partial charge < -0.3 is 5.73 Å². The number of rotatable bonds is 3. The van der Waals surface area contributed by atoms with E-state index in [9.17, 15) is 12.8 Å². The van der Waals surface area contributed by atoms with Crippen molar-refractivity contribution >= 4 is 15.7 Å². The fourth-order valence-corrected chi connectivity index (χ4v) is 2.19. The Morgan fingerprint density at radius 2 is 2.19 bits per heavy atom. The van der Waals surface area contributed by atoms with Gasteiger partial charge in [0.2, 0.25) is 10.0 Å². The van der Waals surface area contributed by atoms with Crippen LogP contribution in [-0.4, -0.2) is 14.5 Å². The quantitative estimate of drug-likeness (QED) is 0.605. The molecule has 0 saturated carbocycles. The van der Waals surface area contributed by atoms with Gasteiger partial charge in [-0.2, -0.15) is 4.72 Å². The van der Waals surface area contributed by atoms with Gasteiger partial charge in [0.15, 0.2) is 0 Å². The van der Waals surface area contributed by atoms with Crippen LogP contribution in [0.3, 0.4) is 0 Å². The number of nitrogens with one attached hydrogen (secondary N) is 1. The van der Waals surface area contributed by atoms with E-state index in [1.807, 2.05) is 0 Å². The zero-order valence-electron chi connectivity index (χ0n) is 8.57. The maximum atomic E-state index is 13.1. The lowest BCUT2D eigenvalue weighted by Crippen LogP contribution is -2.31. The maximum Gasteiger partial charge on any atom is 0.241 e. The summed E-state index contributed by atoms with van der Waals surface area (Å²) in [5, 5.41) is 0. The van der Waals surface area contributed by atoms with E-state index < -0.39 is 21.9 Å². The average Bonchev–Trinajstić information content (AvgIpc) is 2.21. The topological polar surface area (TPSA) is 72.2 Å². The molecular formula is C10H11FN2O2S. The molecule has 4 nitrogen and oxygen atoms in total. The highest BCUT2D eigenvalue weighted by molar-refractivity contribution is 7.89. The molecule has 0 aliphatic rings. The van der Waals surface area contributed by atoms with Crippen molar-refractivity contribution in [2.45, 2.75) is 17.9 Å². The summed E-state index contributed by atoms with van der Waals surface area (Å²) in [5.41, 5.74) is 5.13. The molecule has 1 atom stereocenters. The fourth-order valence-electron chi connectivity index (χ4n) is 1.01. The second kappa shape index (κ2) is 4.51. The first-order valence-electron chi connectivity index (χ1n) is 4.40. The Bertz CT molecular complexity index is 534. The Morgan fingerprint density at radius 1 is 1.56 bits per heavy atom. The molecule has 16 heavy (non-hydrogen) atoms. The van der Waals surface area contributed by atoms with Crippen molar-refractivity contribution in [3.05, 3.63) is 24.0 Å². The molecule has 0 bridgehead atoms. The Kier molecular flexibility index (Phi) is 3.52. The van der Waals surface area contributed by atoms with Crippen molar-refractivity contribution in [1.29, 1.82) is 0 Å². The minimum atomic E-state index is -3.80. The van der Waals surface area contributed by atoms with Crippen molar-refractivity contribution in [2.75, 3.05) is 5.73 Å². The van der Waals surface area contributed by atoms with Crippen LogP contribution in [0.5, 0.6) is 0 Å². The molecule has 6 heteroatoms. The molecule has 86 valence electrons. The van der Waals surface area contributed by atoms with E-state index in [1.165, 1.54) is 19.1 Å². The molecule has 3 N–H and O–H groups in total. The van der Waals surface area contributed by atoms with Crippen LogP contribution in [0.15, 0.2) is 23.1 Å². The Balaban J connectivity index is 3.09. The average molecular weight is 242 g/mol. The second-order valence-corrected chi connectivity index (χ2v) is 4.91. The molecule has 0 amide bonds. The summed E-state index contributed by atoms with van der Waals surface area (Å²) in [6, 6.07) is 2.58. The van der Waals surface area contributed by atoms with Crippen LogP contribution in [0.2, 0.25) is 0 Å². The highest BCUT2D eigenvalue weighted by atomic mass is 32.2. The molecule has 0 aliphatic heterocycles. The largest absolute Gasteiger partial charge is 0.396 e. The first-order valence-corrected chi connectivity index (χ1v) is 5.88. The number of benzene rings is 1. The Morgan fingerprint density at radius 3 is 2.69 bits per heavy atom. The van der Waals surface area contributed by atoms with Gasteiger partial charge in [0.05, 0.1) is 16.6 Å². The molecule has 0 heterocycles. The zero-order valence-corrected chi connectivity index (χ0v) is 9.38. The highest BCUT2D eigenvalue weighted by Gasteiger charge is 2.17. The summed E-state index contributed by atoms with van der Waals surface area (Å²) in [4.78, 5) is -0.207. The van der Waals surface area contributed by atoms with Gasteiger partial charge in [-0.3, -0.25) is 0 Å². The van der Waals surface area contributed by atoms with Crippen LogP contribution in [0.1, 0.15) is 6.92 Å². The van der Waals surface area contributed by atoms with E-state index in [-0.39, 0.29) is 10.6 Å². The van der Waals surface area contributed by atoms with Gasteiger partial charge in [-0.05, 0) is 25.1 Å². The van der Waals surface area contributed by atoms with Crippen molar-refractivity contribution < 1.29 is 12.8 Å². The van der Waals surface area contributed by atoms with Gasteiger partial charge >= 0.3 is 0 Å². The molecular weight excluding hydrogens is 231 g/mol. The third-order valence-electron chi connectivity index (χ3n) is 1.86. The van der Waals surface area contributed by atoms with Gasteiger partial charge in [-0.25, -0.2) is 12.8 Å². The molecule has 1 aromatic carbocycles. The predicted octanol–water partition coefficient (Wildman–Crippen LogP) is 0.708. The van der Waals surface area contributed by atoms with Crippen LogP contribution in [0.4, 0.5) is 10.1 Å². The molecule has 0 aliphatic carbocycles. The van der Waals surface area contributed by atoms with Crippen LogP contribution >= 0.6 is 0 Å². The second-order valence-electron chi connectivity index (χ2n) is 3.19. The molecule has 1 rings (SSSR count). The van der Waals surface area contributed by atoms with E-state index in [4.69, 9.17) is 12.2 Å². The first kappa shape index (κ1) is 12.5. The van der Waals surface area contributed by atoms with Crippen LogP contribution in [0.25, 0.3) is 0 Å². The minimum absolute atomic E-state index is 0.107. The van der Waals surface area contributed by atoms with Crippen molar-refractivity contribution in [3.63, 3.8) is 0 Å². The minimum Gasteiger partial charge on any atom is -0.396 e. The molecule has 1 unspecified atom stereocenters. The van der Waals surface area contributed by atoms with E-state index in [0.29, 0.717) is 0 Å². The first-order chi connectivity index (χ1) is 7.36. The van der Waals surface area contributed by atoms with Gasteiger partial charge in [-0.15, -0.1) is 6.42 Å². The number of anilines is 1. The highest BCUT2D eigenvalue weighted by Crippen LogP contribution is 2.16. The van der Waals surface area contributed by atoms with Gasteiger partial charge in [0.25, 0.3) is 0 Å². The maximum absolute atomic E-state index is 13.1. The molecule has 0 spiro atoms. The summed E-state index contributed by atoms with van der Waals surface area (Å²) in [5.74, 6) is 1.43. The summed E-state index contributed by atoms with van der Waals surface area (Å²) < 4.78 is 38.6. The van der Waals surface area contributed by atoms with Crippen molar-refractivity contribution in [2.24, 2.45) is 0 Å². The summed E-state index contributed by atoms with van der Waals surface area (Å²) in [6.07, 6.45) is 5.04. The predicted molar refractivity (Wildman–Crippen MR) is 59.4 cm³/mol. The van der Waals surface area contributed by atoms with E-state index in [2.05, 4.69) is 10.6 Å². The third kappa shape index (κ3) is 2.72. The number of halogens is 1. The zero-order chi connectivity index (χ0) is 12.3. The number of nitrogens with two attached hydrogens (primary N) is 1. The van der Waals surface area contributed by atoms with E-state index in [1.54, 1.807) is 0 Å². The van der Waals surface area contributed by atoms with Gasteiger partial charge in [-0.1, -0.05) is 5.92 Å². The van der Waals surface area contributed by atoms with Crippen LogP contribution in [0, 0.1) is 18.2 Å². The Hall–Kier alpha value is -1.58. The lowest BCUT2D eigenvalue weighted by molar-refractivity contribution is 0.574. The number of terminal acetylenes is 1. The number of hydrogen-bond donors (Lipinski definition) is 2. The van der Waals surface area contributed by atoms with Crippen LogP contribution < -0.4 is 10.5 Å². The summed E-state index contributed by atoms with van der Waals surface area (Å²) in [7, 11) is -3.80. The van der Waals surface area contributed by atoms with Gasteiger partial charge in [0.1, 0.15) is 5.82 Å². The lowest BCUT2D eigenvalue weighted by atomic mass is 10.3.